The maximum atomic E-state index is 12.3. The summed E-state index contributed by atoms with van der Waals surface area (Å²) in [7, 11) is 0. The van der Waals surface area contributed by atoms with Crippen molar-refractivity contribution in [2.24, 2.45) is 5.41 Å². The Morgan fingerprint density at radius 2 is 2.18 bits per heavy atom. The molecule has 3 nitrogen and oxygen atoms in total. The Morgan fingerprint density at radius 3 is 2.65 bits per heavy atom. The molecule has 0 aliphatic heterocycles. The molecule has 7 heteroatoms. The lowest BCUT2D eigenvalue weighted by Crippen LogP contribution is -2.17. The summed E-state index contributed by atoms with van der Waals surface area (Å²) in [5, 5.41) is 13.1. The van der Waals surface area contributed by atoms with Gasteiger partial charge in [0, 0.05) is 18.5 Å². The number of aromatic nitrogens is 1. The molecule has 17 heavy (non-hydrogen) atoms. The highest BCUT2D eigenvalue weighted by molar-refractivity contribution is 7.13. The topological polar surface area (TPSA) is 45.1 Å². The first kappa shape index (κ1) is 12.6. The second-order valence-corrected chi connectivity index (χ2v) is 5.22. The Bertz CT molecular complexity index is 387. The molecule has 0 atom stereocenters. The molecule has 2 N–H and O–H groups in total. The van der Waals surface area contributed by atoms with Crippen LogP contribution in [0.4, 0.5) is 18.3 Å². The van der Waals surface area contributed by atoms with Crippen LogP contribution in [-0.2, 0) is 6.18 Å². The Kier molecular flexibility index (Phi) is 3.31. The second-order valence-electron chi connectivity index (χ2n) is 4.36. The van der Waals surface area contributed by atoms with Gasteiger partial charge in [0.25, 0.3) is 0 Å². The number of thiazole rings is 1. The van der Waals surface area contributed by atoms with Crippen LogP contribution in [0.2, 0.25) is 0 Å². The van der Waals surface area contributed by atoms with Gasteiger partial charge in [-0.15, -0.1) is 11.3 Å². The van der Waals surface area contributed by atoms with E-state index in [1.807, 2.05) is 0 Å². The summed E-state index contributed by atoms with van der Waals surface area (Å²) in [6.07, 6.45) is -1.66. The van der Waals surface area contributed by atoms with E-state index in [0.29, 0.717) is 18.1 Å². The fraction of sp³-hybridized carbons (Fsp3) is 0.700. The van der Waals surface area contributed by atoms with E-state index >= 15 is 0 Å². The molecule has 1 heterocycles. The molecular formula is C10H13F3N2OS. The molecule has 0 saturated heterocycles. The maximum Gasteiger partial charge on any atom is 0.434 e. The molecule has 0 unspecified atom stereocenters. The first-order valence-electron chi connectivity index (χ1n) is 5.33. The zero-order valence-electron chi connectivity index (χ0n) is 9.05. The van der Waals surface area contributed by atoms with Crippen LogP contribution in [0.5, 0.6) is 0 Å². The van der Waals surface area contributed by atoms with Crippen molar-refractivity contribution in [2.75, 3.05) is 18.5 Å². The van der Waals surface area contributed by atoms with Crippen LogP contribution >= 0.6 is 11.3 Å². The molecule has 2 rings (SSSR count). The van der Waals surface area contributed by atoms with Crippen molar-refractivity contribution in [3.8, 4) is 0 Å². The Balaban J connectivity index is 1.90. The molecule has 1 aliphatic rings. The number of hydrogen-bond donors (Lipinski definition) is 2. The van der Waals surface area contributed by atoms with Crippen molar-refractivity contribution >= 4 is 16.5 Å². The average molecular weight is 266 g/mol. The predicted molar refractivity (Wildman–Crippen MR) is 59.0 cm³/mol. The van der Waals surface area contributed by atoms with E-state index in [1.54, 1.807) is 0 Å². The summed E-state index contributed by atoms with van der Waals surface area (Å²) >= 11 is 0.958. The Labute approximate surface area is 101 Å². The van der Waals surface area contributed by atoms with E-state index < -0.39 is 11.9 Å². The lowest BCUT2D eigenvalue weighted by atomic mass is 10.0. The van der Waals surface area contributed by atoms with Gasteiger partial charge in [0.1, 0.15) is 0 Å². The predicted octanol–water partition coefficient (Wildman–Crippen LogP) is 2.74. The molecule has 0 radical (unpaired) electrons. The summed E-state index contributed by atoms with van der Waals surface area (Å²) < 4.78 is 36.9. The highest BCUT2D eigenvalue weighted by atomic mass is 32.1. The third kappa shape index (κ3) is 3.10. The van der Waals surface area contributed by atoms with Crippen LogP contribution in [-0.4, -0.2) is 23.2 Å². The zero-order valence-corrected chi connectivity index (χ0v) is 9.87. The molecule has 96 valence electrons. The summed E-state index contributed by atoms with van der Waals surface area (Å²) in [6.45, 7) is 0.700. The Morgan fingerprint density at radius 1 is 1.47 bits per heavy atom. The van der Waals surface area contributed by atoms with Gasteiger partial charge >= 0.3 is 6.18 Å². The van der Waals surface area contributed by atoms with E-state index in [0.717, 1.165) is 29.6 Å². The average Bonchev–Trinajstić information content (AvgIpc) is 2.82. The zero-order chi connectivity index (χ0) is 12.5. The number of aliphatic hydroxyl groups is 1. The Hall–Kier alpha value is -0.820. The number of hydrogen-bond acceptors (Lipinski definition) is 4. The monoisotopic (exact) mass is 266 g/mol. The van der Waals surface area contributed by atoms with Gasteiger partial charge in [-0.3, -0.25) is 0 Å². The number of nitrogens with one attached hydrogen (secondary N) is 1. The maximum absolute atomic E-state index is 12.3. The van der Waals surface area contributed by atoms with Crippen molar-refractivity contribution < 1.29 is 18.3 Å². The second kappa shape index (κ2) is 4.45. The summed E-state index contributed by atoms with van der Waals surface area (Å²) in [5.74, 6) is 0. The molecule has 1 aromatic rings. The molecule has 1 saturated carbocycles. The van der Waals surface area contributed by atoms with Crippen molar-refractivity contribution in [1.82, 2.24) is 4.98 Å². The van der Waals surface area contributed by atoms with Gasteiger partial charge < -0.3 is 10.4 Å². The first-order chi connectivity index (χ1) is 7.95. The molecule has 0 amide bonds. The number of halogens is 3. The van der Waals surface area contributed by atoms with E-state index in [1.165, 1.54) is 0 Å². The summed E-state index contributed by atoms with van der Waals surface area (Å²) in [4.78, 5) is 3.49. The van der Waals surface area contributed by atoms with Crippen LogP contribution < -0.4 is 5.32 Å². The first-order valence-corrected chi connectivity index (χ1v) is 6.21. The normalized spacial score (nSPS) is 18.1. The number of alkyl halides is 3. The SMILES string of the molecule is OCCC1(CNc2nc(C(F)(F)F)cs2)CC1. The third-order valence-corrected chi connectivity index (χ3v) is 3.81. The molecule has 0 aromatic carbocycles. The molecule has 0 spiro atoms. The van der Waals surface area contributed by atoms with E-state index in [2.05, 4.69) is 10.3 Å². The van der Waals surface area contributed by atoms with Gasteiger partial charge in [0.2, 0.25) is 0 Å². The van der Waals surface area contributed by atoms with E-state index in [9.17, 15) is 13.2 Å². The van der Waals surface area contributed by atoms with Gasteiger partial charge in [0.05, 0.1) is 0 Å². The van der Waals surface area contributed by atoms with E-state index in [4.69, 9.17) is 5.11 Å². The van der Waals surface area contributed by atoms with Gasteiger partial charge in [-0.1, -0.05) is 0 Å². The van der Waals surface area contributed by atoms with Crippen molar-refractivity contribution in [2.45, 2.75) is 25.4 Å². The highest BCUT2D eigenvalue weighted by Gasteiger charge is 2.42. The summed E-state index contributed by atoms with van der Waals surface area (Å²) in [5.41, 5.74) is -0.782. The number of nitrogens with zero attached hydrogens (tertiary/aromatic N) is 1. The fourth-order valence-corrected chi connectivity index (χ4v) is 2.39. The van der Waals surface area contributed by atoms with Crippen LogP contribution in [0.3, 0.4) is 0 Å². The standard InChI is InChI=1S/C10H13F3N2OS/c11-10(12,13)7-5-17-8(15-7)14-6-9(1-2-9)3-4-16/h5,16H,1-4,6H2,(H,14,15). The highest BCUT2D eigenvalue weighted by Crippen LogP contribution is 2.48. The number of anilines is 1. The lowest BCUT2D eigenvalue weighted by molar-refractivity contribution is -0.140. The van der Waals surface area contributed by atoms with Gasteiger partial charge in [0.15, 0.2) is 10.8 Å². The molecule has 0 bridgehead atoms. The van der Waals surface area contributed by atoms with Crippen LogP contribution in [0.15, 0.2) is 5.38 Å². The fourth-order valence-electron chi connectivity index (χ4n) is 1.68. The molecule has 1 aliphatic carbocycles. The van der Waals surface area contributed by atoms with Crippen molar-refractivity contribution in [3.63, 3.8) is 0 Å². The minimum Gasteiger partial charge on any atom is -0.396 e. The van der Waals surface area contributed by atoms with Crippen molar-refractivity contribution in [1.29, 1.82) is 0 Å². The molecule has 1 fully saturated rings. The third-order valence-electron chi connectivity index (χ3n) is 3.01. The van der Waals surface area contributed by atoms with Crippen LogP contribution in [0.25, 0.3) is 0 Å². The summed E-state index contributed by atoms with van der Waals surface area (Å²) in [6, 6.07) is 0. The van der Waals surface area contributed by atoms with E-state index in [-0.39, 0.29) is 12.0 Å². The van der Waals surface area contributed by atoms with Gasteiger partial charge in [-0.2, -0.15) is 13.2 Å². The molecular weight excluding hydrogens is 253 g/mol. The largest absolute Gasteiger partial charge is 0.434 e. The number of rotatable bonds is 5. The van der Waals surface area contributed by atoms with Gasteiger partial charge in [-0.05, 0) is 24.7 Å². The number of aliphatic hydroxyl groups excluding tert-OH is 1. The van der Waals surface area contributed by atoms with Crippen LogP contribution in [0.1, 0.15) is 25.0 Å². The lowest BCUT2D eigenvalue weighted by Gasteiger charge is -2.13. The minimum absolute atomic E-state index is 0.0683. The van der Waals surface area contributed by atoms with Gasteiger partial charge in [-0.25, -0.2) is 4.98 Å². The minimum atomic E-state index is -4.38. The quantitative estimate of drug-likeness (QED) is 0.861. The smallest absolute Gasteiger partial charge is 0.396 e. The molecule has 1 aromatic heterocycles. The van der Waals surface area contributed by atoms with Crippen LogP contribution in [0, 0.1) is 5.41 Å². The van der Waals surface area contributed by atoms with Crippen molar-refractivity contribution in [3.05, 3.63) is 11.1 Å².